The zero-order valence-corrected chi connectivity index (χ0v) is 15.5. The van der Waals surface area contributed by atoms with E-state index < -0.39 is 5.82 Å². The van der Waals surface area contributed by atoms with E-state index in [2.05, 4.69) is 4.98 Å². The van der Waals surface area contributed by atoms with Gasteiger partial charge in [-0.3, -0.25) is 4.79 Å². The fraction of sp³-hybridized carbons (Fsp3) is 0.176. The minimum atomic E-state index is -0.435. The van der Waals surface area contributed by atoms with Crippen LogP contribution in [0.1, 0.15) is 5.56 Å². The van der Waals surface area contributed by atoms with Crippen molar-refractivity contribution in [2.24, 2.45) is 0 Å². The maximum atomic E-state index is 13.8. The molecule has 0 bridgehead atoms. The number of hydrogen-bond donors (Lipinski definition) is 0. The Balaban J connectivity index is 1.63. The van der Waals surface area contributed by atoms with Gasteiger partial charge in [0, 0.05) is 29.2 Å². The Hall–Kier alpha value is -1.76. The van der Waals surface area contributed by atoms with Gasteiger partial charge in [0.1, 0.15) is 11.3 Å². The second-order valence-corrected chi connectivity index (χ2v) is 7.10. The molecule has 2 aromatic carbocycles. The van der Waals surface area contributed by atoms with E-state index in [9.17, 15) is 9.18 Å². The van der Waals surface area contributed by atoms with Gasteiger partial charge in [-0.05, 0) is 30.3 Å². The highest BCUT2D eigenvalue weighted by molar-refractivity contribution is 7.99. The number of carbonyl (C=O) groups is 1. The van der Waals surface area contributed by atoms with Crippen molar-refractivity contribution in [3.05, 3.63) is 57.8 Å². The first-order valence-corrected chi connectivity index (χ1v) is 9.04. The van der Waals surface area contributed by atoms with Crippen LogP contribution in [-0.2, 0) is 11.3 Å². The average molecular weight is 399 g/mol. The monoisotopic (exact) mass is 398 g/mol. The first-order valence-electron chi connectivity index (χ1n) is 7.30. The summed E-state index contributed by atoms with van der Waals surface area (Å²) in [5.41, 5.74) is 1.53. The molecule has 4 nitrogen and oxygen atoms in total. The Morgan fingerprint density at radius 2 is 2.12 bits per heavy atom. The fourth-order valence-corrected chi connectivity index (χ4v) is 3.35. The van der Waals surface area contributed by atoms with Gasteiger partial charge in [-0.2, -0.15) is 0 Å². The van der Waals surface area contributed by atoms with Gasteiger partial charge in [0.15, 0.2) is 5.58 Å². The lowest BCUT2D eigenvalue weighted by molar-refractivity contribution is -0.127. The molecule has 0 atom stereocenters. The number of hydrogen-bond acceptors (Lipinski definition) is 4. The van der Waals surface area contributed by atoms with Crippen LogP contribution in [-0.4, -0.2) is 28.6 Å². The number of carbonyl (C=O) groups excluding carboxylic acids is 1. The summed E-state index contributed by atoms with van der Waals surface area (Å²) in [5, 5.41) is 1.24. The van der Waals surface area contributed by atoms with Crippen LogP contribution in [0.4, 0.5) is 4.39 Å². The van der Waals surface area contributed by atoms with Crippen molar-refractivity contribution in [2.75, 3.05) is 12.8 Å². The number of benzene rings is 2. The molecule has 0 fully saturated rings. The molecule has 0 radical (unpaired) electrons. The highest BCUT2D eigenvalue weighted by Crippen LogP contribution is 2.26. The van der Waals surface area contributed by atoms with Crippen LogP contribution in [0.2, 0.25) is 10.0 Å². The Morgan fingerprint density at radius 3 is 2.88 bits per heavy atom. The van der Waals surface area contributed by atoms with Crippen LogP contribution >= 0.6 is 35.0 Å². The summed E-state index contributed by atoms with van der Waals surface area (Å²) in [6.45, 7) is 0.0913. The summed E-state index contributed by atoms with van der Waals surface area (Å²) in [6.07, 6.45) is 0. The highest BCUT2D eigenvalue weighted by Gasteiger charge is 2.16. The first kappa shape index (κ1) is 18.0. The van der Waals surface area contributed by atoms with Gasteiger partial charge in [-0.15, -0.1) is 0 Å². The molecule has 8 heteroatoms. The van der Waals surface area contributed by atoms with Crippen molar-refractivity contribution in [2.45, 2.75) is 11.8 Å². The molecular weight excluding hydrogens is 386 g/mol. The van der Waals surface area contributed by atoms with E-state index in [-0.39, 0.29) is 18.2 Å². The zero-order valence-electron chi connectivity index (χ0n) is 13.1. The molecule has 1 aromatic heterocycles. The lowest BCUT2D eigenvalue weighted by atomic mass is 10.2. The van der Waals surface area contributed by atoms with Crippen molar-refractivity contribution in [1.82, 2.24) is 9.88 Å². The van der Waals surface area contributed by atoms with E-state index in [1.807, 2.05) is 0 Å². The Bertz CT molecular complexity index is 912. The van der Waals surface area contributed by atoms with E-state index in [0.29, 0.717) is 31.9 Å². The van der Waals surface area contributed by atoms with E-state index in [1.165, 1.54) is 28.8 Å². The summed E-state index contributed by atoms with van der Waals surface area (Å²) < 4.78 is 19.4. The second-order valence-electron chi connectivity index (χ2n) is 5.33. The molecule has 1 heterocycles. The van der Waals surface area contributed by atoms with Gasteiger partial charge >= 0.3 is 0 Å². The maximum Gasteiger partial charge on any atom is 0.257 e. The molecule has 25 heavy (non-hydrogen) atoms. The average Bonchev–Trinajstić information content (AvgIpc) is 2.97. The van der Waals surface area contributed by atoms with E-state index in [4.69, 9.17) is 27.6 Å². The Labute approximate surface area is 157 Å². The first-order chi connectivity index (χ1) is 11.9. The number of rotatable bonds is 5. The van der Waals surface area contributed by atoms with Crippen LogP contribution in [0.3, 0.4) is 0 Å². The van der Waals surface area contributed by atoms with Crippen LogP contribution in [0, 0.1) is 5.82 Å². The van der Waals surface area contributed by atoms with Gasteiger partial charge in [0.05, 0.1) is 5.75 Å². The van der Waals surface area contributed by atoms with Crippen molar-refractivity contribution in [1.29, 1.82) is 0 Å². The summed E-state index contributed by atoms with van der Waals surface area (Å²) in [4.78, 5) is 18.0. The van der Waals surface area contributed by atoms with Crippen LogP contribution in [0.15, 0.2) is 46.0 Å². The molecule has 3 aromatic rings. The lowest BCUT2D eigenvalue weighted by Gasteiger charge is -2.17. The highest BCUT2D eigenvalue weighted by atomic mass is 35.5. The lowest BCUT2D eigenvalue weighted by Crippen LogP contribution is -2.28. The third-order valence-electron chi connectivity index (χ3n) is 3.53. The molecule has 1 amide bonds. The smallest absolute Gasteiger partial charge is 0.257 e. The van der Waals surface area contributed by atoms with Crippen LogP contribution < -0.4 is 0 Å². The molecule has 0 spiro atoms. The molecule has 130 valence electrons. The number of halogens is 3. The number of nitrogens with zero attached hydrogens (tertiary/aromatic N) is 2. The molecule has 0 aliphatic heterocycles. The molecule has 3 rings (SSSR count). The SMILES string of the molecule is CN(Cc1c(F)cccc1Cl)C(=O)CSc1nc2cc(Cl)ccc2o1. The molecule has 0 saturated heterocycles. The topological polar surface area (TPSA) is 46.3 Å². The van der Waals surface area contributed by atoms with Gasteiger partial charge in [-0.1, -0.05) is 41.0 Å². The predicted molar refractivity (Wildman–Crippen MR) is 97.6 cm³/mol. The Kier molecular flexibility index (Phi) is 5.51. The van der Waals surface area contributed by atoms with Crippen LogP contribution in [0.5, 0.6) is 0 Å². The summed E-state index contributed by atoms with van der Waals surface area (Å²) in [6, 6.07) is 9.56. The van der Waals surface area contributed by atoms with E-state index >= 15 is 0 Å². The molecular formula is C17H13Cl2FN2O2S. The normalized spacial score (nSPS) is 11.0. The molecule has 0 saturated carbocycles. The number of aromatic nitrogens is 1. The van der Waals surface area contributed by atoms with Crippen molar-refractivity contribution < 1.29 is 13.6 Å². The number of fused-ring (bicyclic) bond motifs is 1. The molecule has 0 N–H and O–H groups in total. The fourth-order valence-electron chi connectivity index (χ4n) is 2.18. The third kappa shape index (κ3) is 4.26. The predicted octanol–water partition coefficient (Wildman–Crippen LogP) is 5.02. The summed E-state index contributed by atoms with van der Waals surface area (Å²) in [7, 11) is 1.59. The number of amides is 1. The third-order valence-corrected chi connectivity index (χ3v) is 4.93. The van der Waals surface area contributed by atoms with Crippen LogP contribution in [0.25, 0.3) is 11.1 Å². The zero-order chi connectivity index (χ0) is 18.0. The summed E-state index contributed by atoms with van der Waals surface area (Å²) >= 11 is 13.1. The second kappa shape index (κ2) is 7.64. The molecule has 0 unspecified atom stereocenters. The van der Waals surface area contributed by atoms with Gasteiger partial charge in [0.25, 0.3) is 5.22 Å². The summed E-state index contributed by atoms with van der Waals surface area (Å²) in [5.74, 6) is -0.511. The Morgan fingerprint density at radius 1 is 1.32 bits per heavy atom. The molecule has 0 aliphatic rings. The minimum Gasteiger partial charge on any atom is -0.431 e. The molecule has 0 aliphatic carbocycles. The maximum absolute atomic E-state index is 13.8. The number of oxazole rings is 1. The minimum absolute atomic E-state index is 0.0913. The van der Waals surface area contributed by atoms with Gasteiger partial charge < -0.3 is 9.32 Å². The standard InChI is InChI=1S/C17H13Cl2FN2O2S/c1-22(8-11-12(19)3-2-4-13(11)20)16(23)9-25-17-21-14-7-10(18)5-6-15(14)24-17/h2-7H,8-9H2,1H3. The van der Waals surface area contributed by atoms with Gasteiger partial charge in [-0.25, -0.2) is 9.37 Å². The quantitative estimate of drug-likeness (QED) is 0.565. The van der Waals surface area contributed by atoms with E-state index in [1.54, 1.807) is 31.3 Å². The largest absolute Gasteiger partial charge is 0.431 e. The van der Waals surface area contributed by atoms with Gasteiger partial charge in [0.2, 0.25) is 5.91 Å². The van der Waals surface area contributed by atoms with Crippen molar-refractivity contribution in [3.8, 4) is 0 Å². The van der Waals surface area contributed by atoms with E-state index in [0.717, 1.165) is 0 Å². The van der Waals surface area contributed by atoms with Crippen molar-refractivity contribution in [3.63, 3.8) is 0 Å². The number of thioether (sulfide) groups is 1. The van der Waals surface area contributed by atoms with Crippen molar-refractivity contribution >= 4 is 52.0 Å².